The number of halogens is 4. The summed E-state index contributed by atoms with van der Waals surface area (Å²) in [4.78, 5) is 8.74. The molecular formula is C24H22ClF3N4O2. The highest BCUT2D eigenvalue weighted by Crippen LogP contribution is 2.39. The molecule has 0 aliphatic carbocycles. The second-order valence-electron chi connectivity index (χ2n) is 7.92. The summed E-state index contributed by atoms with van der Waals surface area (Å²) in [5.74, 6) is 0.458. The zero-order valence-corrected chi connectivity index (χ0v) is 20.0. The predicted molar refractivity (Wildman–Crippen MR) is 123 cm³/mol. The lowest BCUT2D eigenvalue weighted by atomic mass is 10.1. The fraction of sp³-hybridized carbons (Fsp3) is 0.292. The monoisotopic (exact) mass is 490 g/mol. The van der Waals surface area contributed by atoms with Gasteiger partial charge in [-0.2, -0.15) is 23.3 Å². The minimum atomic E-state index is -4.64. The van der Waals surface area contributed by atoms with E-state index in [9.17, 15) is 13.2 Å². The van der Waals surface area contributed by atoms with Gasteiger partial charge in [0.05, 0.1) is 35.1 Å². The first-order valence-electron chi connectivity index (χ1n) is 10.4. The van der Waals surface area contributed by atoms with E-state index in [-0.39, 0.29) is 29.2 Å². The molecule has 6 nitrogen and oxygen atoms in total. The van der Waals surface area contributed by atoms with Crippen LogP contribution in [0.5, 0.6) is 11.6 Å². The Morgan fingerprint density at radius 1 is 1.09 bits per heavy atom. The van der Waals surface area contributed by atoms with Crippen molar-refractivity contribution in [2.45, 2.75) is 40.5 Å². The molecule has 0 aliphatic heterocycles. The maximum atomic E-state index is 14.0. The van der Waals surface area contributed by atoms with E-state index in [1.165, 1.54) is 11.6 Å². The quantitative estimate of drug-likeness (QED) is 0.328. The first-order valence-corrected chi connectivity index (χ1v) is 10.8. The lowest BCUT2D eigenvalue weighted by molar-refractivity contribution is -0.136. The number of ether oxygens (including phenoxy) is 2. The molecule has 34 heavy (non-hydrogen) atoms. The van der Waals surface area contributed by atoms with E-state index in [0.717, 1.165) is 17.2 Å². The Morgan fingerprint density at radius 3 is 2.50 bits per heavy atom. The van der Waals surface area contributed by atoms with Gasteiger partial charge >= 0.3 is 6.18 Å². The highest BCUT2D eigenvalue weighted by atomic mass is 35.5. The van der Waals surface area contributed by atoms with Crippen molar-refractivity contribution in [1.82, 2.24) is 19.7 Å². The summed E-state index contributed by atoms with van der Waals surface area (Å²) < 4.78 is 54.6. The molecule has 1 aromatic carbocycles. The van der Waals surface area contributed by atoms with Gasteiger partial charge in [0.15, 0.2) is 5.65 Å². The third-order valence-corrected chi connectivity index (χ3v) is 6.08. The second-order valence-corrected chi connectivity index (χ2v) is 8.33. The number of fused-ring (bicyclic) bond motifs is 1. The van der Waals surface area contributed by atoms with Crippen molar-refractivity contribution in [2.75, 3.05) is 7.11 Å². The highest BCUT2D eigenvalue weighted by molar-refractivity contribution is 6.31. The maximum absolute atomic E-state index is 14.0. The fourth-order valence-electron chi connectivity index (χ4n) is 3.92. The molecule has 3 aromatic heterocycles. The molecule has 0 saturated heterocycles. The van der Waals surface area contributed by atoms with Gasteiger partial charge in [0, 0.05) is 28.4 Å². The minimum Gasteiger partial charge on any atom is -0.496 e. The number of nitrogens with zero attached hydrogens (tertiary/aromatic N) is 4. The van der Waals surface area contributed by atoms with Crippen molar-refractivity contribution in [3.05, 3.63) is 69.1 Å². The van der Waals surface area contributed by atoms with Crippen LogP contribution in [-0.2, 0) is 12.8 Å². The van der Waals surface area contributed by atoms with Gasteiger partial charge in [-0.15, -0.1) is 0 Å². The molecule has 4 aromatic rings. The molecule has 178 valence electrons. The van der Waals surface area contributed by atoms with Gasteiger partial charge in [-0.25, -0.2) is 4.68 Å². The average Bonchev–Trinajstić information content (AvgIpc) is 3.10. The standard InChI is InChI=1S/C24H22ClF3N4O2/c1-12-10-29-18(14(3)22(12)33-5)11-34-20-9-16(24(26,27)28)21-15(4)31-32(23(21)30-20)19-8-6-7-17(25)13(19)2/h6-10H,11H2,1-5H3. The summed E-state index contributed by atoms with van der Waals surface area (Å²) in [5.41, 5.74) is 2.68. The van der Waals surface area contributed by atoms with Gasteiger partial charge in [-0.05, 0) is 45.4 Å². The first kappa shape index (κ1) is 23.8. The van der Waals surface area contributed by atoms with Crippen molar-refractivity contribution in [3.63, 3.8) is 0 Å². The largest absolute Gasteiger partial charge is 0.496 e. The summed E-state index contributed by atoms with van der Waals surface area (Å²) in [6, 6.07) is 6.03. The molecule has 0 spiro atoms. The number of methoxy groups -OCH3 is 1. The Morgan fingerprint density at radius 2 is 1.82 bits per heavy atom. The van der Waals surface area contributed by atoms with Crippen LogP contribution in [0.15, 0.2) is 30.5 Å². The molecule has 0 fully saturated rings. The third kappa shape index (κ3) is 4.16. The zero-order chi connectivity index (χ0) is 24.8. The van der Waals surface area contributed by atoms with Crippen LogP contribution < -0.4 is 9.47 Å². The fourth-order valence-corrected chi connectivity index (χ4v) is 4.09. The molecular weight excluding hydrogens is 469 g/mol. The van der Waals surface area contributed by atoms with Gasteiger partial charge < -0.3 is 9.47 Å². The van der Waals surface area contributed by atoms with Crippen molar-refractivity contribution in [1.29, 1.82) is 0 Å². The number of alkyl halides is 3. The van der Waals surface area contributed by atoms with E-state index in [0.29, 0.717) is 27.7 Å². The molecule has 0 saturated carbocycles. The van der Waals surface area contributed by atoms with Crippen LogP contribution in [0.3, 0.4) is 0 Å². The number of pyridine rings is 2. The topological polar surface area (TPSA) is 62.1 Å². The molecule has 0 aliphatic rings. The number of hydrogen-bond acceptors (Lipinski definition) is 5. The summed E-state index contributed by atoms with van der Waals surface area (Å²) in [5, 5.41) is 4.73. The van der Waals surface area contributed by atoms with Crippen LogP contribution in [0.2, 0.25) is 5.02 Å². The Kier molecular flexibility index (Phi) is 6.16. The van der Waals surface area contributed by atoms with E-state index in [4.69, 9.17) is 21.1 Å². The summed E-state index contributed by atoms with van der Waals surface area (Å²) in [6.45, 7) is 6.87. The molecule has 0 bridgehead atoms. The Bertz CT molecular complexity index is 1400. The van der Waals surface area contributed by atoms with Gasteiger partial charge in [0.25, 0.3) is 0 Å². The highest BCUT2D eigenvalue weighted by Gasteiger charge is 2.36. The van der Waals surface area contributed by atoms with Crippen molar-refractivity contribution in [2.24, 2.45) is 0 Å². The first-order chi connectivity index (χ1) is 16.0. The van der Waals surface area contributed by atoms with Gasteiger partial charge in [0.1, 0.15) is 12.4 Å². The number of rotatable bonds is 5. The number of aryl methyl sites for hydroxylation is 2. The van der Waals surface area contributed by atoms with E-state index >= 15 is 0 Å². The van der Waals surface area contributed by atoms with E-state index in [2.05, 4.69) is 15.1 Å². The predicted octanol–water partition coefficient (Wildman–Crippen LogP) is 6.31. The van der Waals surface area contributed by atoms with Crippen LogP contribution in [0, 0.1) is 27.7 Å². The summed E-state index contributed by atoms with van der Waals surface area (Å²) >= 11 is 6.24. The SMILES string of the molecule is COc1c(C)cnc(COc2cc(C(F)(F)F)c3c(C)nn(-c4cccc(Cl)c4C)c3n2)c1C. The van der Waals surface area contributed by atoms with Crippen LogP contribution in [0.4, 0.5) is 13.2 Å². The van der Waals surface area contributed by atoms with Crippen LogP contribution in [0.1, 0.15) is 33.6 Å². The molecule has 0 N–H and O–H groups in total. The van der Waals surface area contributed by atoms with Crippen LogP contribution in [0.25, 0.3) is 16.7 Å². The average molecular weight is 491 g/mol. The molecule has 0 unspecified atom stereocenters. The van der Waals surface area contributed by atoms with Crippen molar-refractivity contribution >= 4 is 22.6 Å². The van der Waals surface area contributed by atoms with Crippen molar-refractivity contribution in [3.8, 4) is 17.3 Å². The van der Waals surface area contributed by atoms with Crippen LogP contribution in [-0.4, -0.2) is 26.9 Å². The van der Waals surface area contributed by atoms with E-state index in [1.807, 2.05) is 13.8 Å². The number of aromatic nitrogens is 4. The molecule has 0 atom stereocenters. The van der Waals surface area contributed by atoms with Crippen LogP contribution >= 0.6 is 11.6 Å². The molecule has 3 heterocycles. The molecule has 10 heteroatoms. The smallest absolute Gasteiger partial charge is 0.417 e. The Labute approximate surface area is 199 Å². The number of benzene rings is 1. The third-order valence-electron chi connectivity index (χ3n) is 5.67. The van der Waals surface area contributed by atoms with E-state index in [1.54, 1.807) is 38.4 Å². The molecule has 0 radical (unpaired) electrons. The Balaban J connectivity index is 1.85. The second kappa shape index (κ2) is 8.79. The summed E-state index contributed by atoms with van der Waals surface area (Å²) in [6.07, 6.45) is -3.01. The molecule has 0 amide bonds. The van der Waals surface area contributed by atoms with Crippen molar-refractivity contribution < 1.29 is 22.6 Å². The zero-order valence-electron chi connectivity index (χ0n) is 19.2. The van der Waals surface area contributed by atoms with Gasteiger partial charge in [0.2, 0.25) is 5.88 Å². The summed E-state index contributed by atoms with van der Waals surface area (Å²) in [7, 11) is 1.55. The minimum absolute atomic E-state index is 0.0267. The lowest BCUT2D eigenvalue weighted by Crippen LogP contribution is -2.10. The Hall–Kier alpha value is -3.33. The van der Waals surface area contributed by atoms with Gasteiger partial charge in [-0.3, -0.25) is 4.98 Å². The number of hydrogen-bond donors (Lipinski definition) is 0. The molecule has 4 rings (SSSR count). The maximum Gasteiger partial charge on any atom is 0.417 e. The van der Waals surface area contributed by atoms with Gasteiger partial charge in [-0.1, -0.05) is 17.7 Å². The lowest BCUT2D eigenvalue weighted by Gasteiger charge is -2.15. The van der Waals surface area contributed by atoms with E-state index < -0.39 is 11.7 Å². The normalized spacial score (nSPS) is 11.8.